The number of carbonyl (C=O) groups is 3. The van der Waals surface area contributed by atoms with Crippen LogP contribution in [0, 0.1) is 0 Å². The molecular formula is C27H35N5O3. The largest absolute Gasteiger partial charge is 0.351 e. The zero-order chi connectivity index (χ0) is 24.6. The molecule has 0 saturated heterocycles. The number of rotatable bonds is 4. The van der Waals surface area contributed by atoms with E-state index in [1.165, 1.54) is 28.0 Å². The first-order chi connectivity index (χ1) is 16.9. The zero-order valence-corrected chi connectivity index (χ0v) is 20.7. The Kier molecular flexibility index (Phi) is 6.38. The van der Waals surface area contributed by atoms with Gasteiger partial charge in [0.25, 0.3) is 11.8 Å². The lowest BCUT2D eigenvalue weighted by Crippen LogP contribution is -2.63. The Morgan fingerprint density at radius 2 is 1.77 bits per heavy atom. The molecule has 2 aromatic rings. The van der Waals surface area contributed by atoms with Gasteiger partial charge >= 0.3 is 0 Å². The number of nitrogens with zero attached hydrogens (tertiary/aromatic N) is 3. The standard InChI is InChI=1S/C27H35N5O3/c1-27(26(35)28-19-12-5-3-4-6-13-19)17-32-23(25(34)31(27)2)16-22(30-32)24(33)29-21-15-9-11-18-10-7-8-14-20(18)21/h7-8,10,14,16,19,21H,3-6,9,11-13,15,17H2,1-2H3,(H,28,35)(H,29,33)/t21-,27+/m1/s1. The highest BCUT2D eigenvalue weighted by atomic mass is 16.2. The van der Waals surface area contributed by atoms with Gasteiger partial charge in [0.1, 0.15) is 11.2 Å². The topological polar surface area (TPSA) is 96.3 Å². The molecular weight excluding hydrogens is 442 g/mol. The molecule has 0 radical (unpaired) electrons. The summed E-state index contributed by atoms with van der Waals surface area (Å²) in [6.45, 7) is 1.99. The molecule has 0 unspecified atom stereocenters. The van der Waals surface area contributed by atoms with E-state index in [2.05, 4.69) is 27.9 Å². The minimum atomic E-state index is -1.07. The second kappa shape index (κ2) is 9.47. The molecule has 3 aliphatic rings. The van der Waals surface area contributed by atoms with Crippen molar-refractivity contribution in [3.8, 4) is 0 Å². The maximum Gasteiger partial charge on any atom is 0.272 e. The highest BCUT2D eigenvalue weighted by molar-refractivity contribution is 6.01. The van der Waals surface area contributed by atoms with Crippen LogP contribution in [-0.4, -0.2) is 51.0 Å². The summed E-state index contributed by atoms with van der Waals surface area (Å²) >= 11 is 0. The van der Waals surface area contributed by atoms with Gasteiger partial charge in [-0.25, -0.2) is 0 Å². The first-order valence-corrected chi connectivity index (χ1v) is 12.9. The van der Waals surface area contributed by atoms with Crippen molar-refractivity contribution in [2.24, 2.45) is 0 Å². The molecule has 5 rings (SSSR count). The first kappa shape index (κ1) is 23.6. The fraction of sp³-hybridized carbons (Fsp3) is 0.556. The molecule has 35 heavy (non-hydrogen) atoms. The molecule has 0 spiro atoms. The summed E-state index contributed by atoms with van der Waals surface area (Å²) in [5, 5.41) is 10.8. The fourth-order valence-corrected chi connectivity index (χ4v) is 5.74. The van der Waals surface area contributed by atoms with Crippen molar-refractivity contribution in [2.45, 2.75) is 88.9 Å². The van der Waals surface area contributed by atoms with Crippen LogP contribution >= 0.6 is 0 Å². The molecule has 8 nitrogen and oxygen atoms in total. The molecule has 3 amide bonds. The quantitative estimate of drug-likeness (QED) is 0.660. The number of nitrogens with one attached hydrogen (secondary N) is 2. The Bertz CT molecular complexity index is 1130. The van der Waals surface area contributed by atoms with Gasteiger partial charge in [-0.05, 0) is 50.2 Å². The number of amides is 3. The van der Waals surface area contributed by atoms with E-state index < -0.39 is 5.54 Å². The van der Waals surface area contributed by atoms with Gasteiger partial charge in [-0.1, -0.05) is 49.9 Å². The number of aryl methyl sites for hydroxylation is 1. The molecule has 1 aromatic heterocycles. The lowest BCUT2D eigenvalue weighted by Gasteiger charge is -2.41. The molecule has 8 heteroatoms. The van der Waals surface area contributed by atoms with E-state index in [4.69, 9.17) is 0 Å². The number of likely N-dealkylation sites (N-methyl/N-ethyl adjacent to an activating group) is 1. The molecule has 1 aromatic carbocycles. The predicted molar refractivity (Wildman–Crippen MR) is 132 cm³/mol. The summed E-state index contributed by atoms with van der Waals surface area (Å²) in [6.07, 6.45) is 9.49. The lowest BCUT2D eigenvalue weighted by molar-refractivity contribution is -0.133. The number of hydrogen-bond donors (Lipinski definition) is 2. The molecule has 2 aliphatic carbocycles. The van der Waals surface area contributed by atoms with E-state index in [0.717, 1.165) is 50.5 Å². The third kappa shape index (κ3) is 4.46. The molecule has 0 bridgehead atoms. The highest BCUT2D eigenvalue weighted by Crippen LogP contribution is 2.30. The normalized spacial score (nSPS) is 24.8. The lowest BCUT2D eigenvalue weighted by atomic mass is 9.87. The van der Waals surface area contributed by atoms with Gasteiger partial charge in [-0.2, -0.15) is 5.10 Å². The highest BCUT2D eigenvalue weighted by Gasteiger charge is 2.46. The summed E-state index contributed by atoms with van der Waals surface area (Å²) < 4.78 is 1.53. The number of fused-ring (bicyclic) bond motifs is 2. The Morgan fingerprint density at radius 3 is 2.54 bits per heavy atom. The number of benzene rings is 1. The van der Waals surface area contributed by atoms with E-state index >= 15 is 0 Å². The number of carbonyl (C=O) groups excluding carboxylic acids is 3. The van der Waals surface area contributed by atoms with Crippen LogP contribution in [0.25, 0.3) is 0 Å². The Balaban J connectivity index is 1.33. The van der Waals surface area contributed by atoms with Crippen molar-refractivity contribution < 1.29 is 14.4 Å². The average molecular weight is 478 g/mol. The second-order valence-electron chi connectivity index (χ2n) is 10.5. The van der Waals surface area contributed by atoms with Crippen molar-refractivity contribution in [3.05, 3.63) is 52.8 Å². The van der Waals surface area contributed by atoms with Gasteiger partial charge in [0.2, 0.25) is 5.91 Å². The van der Waals surface area contributed by atoms with Crippen LogP contribution in [0.1, 0.15) is 96.4 Å². The van der Waals surface area contributed by atoms with Gasteiger partial charge in [0, 0.05) is 19.2 Å². The van der Waals surface area contributed by atoms with E-state index in [0.29, 0.717) is 5.69 Å². The number of hydrogen-bond acceptors (Lipinski definition) is 4. The van der Waals surface area contributed by atoms with Crippen molar-refractivity contribution >= 4 is 17.7 Å². The van der Waals surface area contributed by atoms with Gasteiger partial charge < -0.3 is 15.5 Å². The molecule has 2 atom stereocenters. The summed E-state index contributed by atoms with van der Waals surface area (Å²) in [4.78, 5) is 41.2. The molecule has 1 fully saturated rings. The van der Waals surface area contributed by atoms with Crippen LogP contribution in [0.15, 0.2) is 30.3 Å². The van der Waals surface area contributed by atoms with Gasteiger partial charge in [0.05, 0.1) is 12.6 Å². The first-order valence-electron chi connectivity index (χ1n) is 12.9. The maximum atomic E-state index is 13.4. The van der Waals surface area contributed by atoms with E-state index in [1.807, 2.05) is 12.1 Å². The van der Waals surface area contributed by atoms with Crippen molar-refractivity contribution in [3.63, 3.8) is 0 Å². The molecule has 2 N–H and O–H groups in total. The molecule has 1 saturated carbocycles. The van der Waals surface area contributed by atoms with E-state index in [-0.39, 0.29) is 42.0 Å². The summed E-state index contributed by atoms with van der Waals surface area (Å²) in [7, 11) is 1.66. The smallest absolute Gasteiger partial charge is 0.272 e. The summed E-state index contributed by atoms with van der Waals surface area (Å²) in [5.74, 6) is -0.760. The minimum Gasteiger partial charge on any atom is -0.351 e. The van der Waals surface area contributed by atoms with Crippen LogP contribution in [0.2, 0.25) is 0 Å². The zero-order valence-electron chi connectivity index (χ0n) is 20.7. The average Bonchev–Trinajstić information content (AvgIpc) is 3.11. The van der Waals surface area contributed by atoms with Crippen molar-refractivity contribution in [1.29, 1.82) is 0 Å². The minimum absolute atomic E-state index is 0.0693. The van der Waals surface area contributed by atoms with Crippen LogP contribution in [0.4, 0.5) is 0 Å². The Hall–Kier alpha value is -3.16. The summed E-state index contributed by atoms with van der Waals surface area (Å²) in [5.41, 5.74) is 1.88. The maximum absolute atomic E-state index is 13.4. The van der Waals surface area contributed by atoms with Gasteiger partial charge in [-0.3, -0.25) is 19.1 Å². The van der Waals surface area contributed by atoms with Crippen molar-refractivity contribution in [2.75, 3.05) is 7.05 Å². The van der Waals surface area contributed by atoms with Gasteiger partial charge in [0.15, 0.2) is 5.69 Å². The monoisotopic (exact) mass is 477 g/mol. The van der Waals surface area contributed by atoms with Crippen LogP contribution in [0.5, 0.6) is 0 Å². The molecule has 186 valence electrons. The van der Waals surface area contributed by atoms with Gasteiger partial charge in [-0.15, -0.1) is 0 Å². The SMILES string of the molecule is CN1C(=O)c2cc(C(=O)N[C@@H]3CCCc4ccccc43)nn2C[C@@]1(C)C(=O)NC1CCCCCC1. The van der Waals surface area contributed by atoms with E-state index in [1.54, 1.807) is 20.0 Å². The third-order valence-electron chi connectivity index (χ3n) is 8.09. The fourth-order valence-electron chi connectivity index (χ4n) is 5.74. The van der Waals surface area contributed by atoms with Crippen LogP contribution in [0.3, 0.4) is 0 Å². The summed E-state index contributed by atoms with van der Waals surface area (Å²) in [6, 6.07) is 9.81. The number of aromatic nitrogens is 2. The third-order valence-corrected chi connectivity index (χ3v) is 8.09. The molecule has 1 aliphatic heterocycles. The molecule has 2 heterocycles. The predicted octanol–water partition coefficient (Wildman–Crippen LogP) is 3.37. The Morgan fingerprint density at radius 1 is 1.03 bits per heavy atom. The van der Waals surface area contributed by atoms with Crippen molar-refractivity contribution in [1.82, 2.24) is 25.3 Å². The Labute approximate surface area is 206 Å². The van der Waals surface area contributed by atoms with Crippen LogP contribution in [-0.2, 0) is 17.8 Å². The van der Waals surface area contributed by atoms with E-state index in [9.17, 15) is 14.4 Å². The second-order valence-corrected chi connectivity index (χ2v) is 10.5. The van der Waals surface area contributed by atoms with Crippen LogP contribution < -0.4 is 10.6 Å².